The normalized spacial score (nSPS) is 10.8. The Bertz CT molecular complexity index is 1010. The van der Waals surface area contributed by atoms with Gasteiger partial charge in [0.25, 0.3) is 5.91 Å². The Kier molecular flexibility index (Phi) is 6.77. The summed E-state index contributed by atoms with van der Waals surface area (Å²) in [6, 6.07) is 11.2. The van der Waals surface area contributed by atoms with E-state index < -0.39 is 0 Å². The van der Waals surface area contributed by atoms with Crippen molar-refractivity contribution in [2.45, 2.75) is 33.9 Å². The Morgan fingerprint density at radius 1 is 1.14 bits per heavy atom. The number of ether oxygens (including phenoxy) is 1. The van der Waals surface area contributed by atoms with Crippen molar-refractivity contribution in [3.63, 3.8) is 0 Å². The standard InChI is InChI=1S/C22H23ClN2O3S/c1-4-28-22(27)20-14(2)17(15(3)24-20)13-25(21(26)19-10-7-11-29-19)12-16-8-5-6-9-18(16)23/h5-11,24H,4,12-13H2,1-3H3. The van der Waals surface area contributed by atoms with E-state index in [-0.39, 0.29) is 11.9 Å². The van der Waals surface area contributed by atoms with Crippen molar-refractivity contribution in [2.75, 3.05) is 6.61 Å². The minimum atomic E-state index is -0.387. The van der Waals surface area contributed by atoms with E-state index in [1.54, 1.807) is 11.8 Å². The molecule has 0 unspecified atom stereocenters. The summed E-state index contributed by atoms with van der Waals surface area (Å²) in [5.74, 6) is -0.459. The second kappa shape index (κ2) is 9.29. The number of aromatic amines is 1. The molecule has 0 radical (unpaired) electrons. The molecule has 3 aromatic rings. The predicted molar refractivity (Wildman–Crippen MR) is 116 cm³/mol. The Morgan fingerprint density at radius 3 is 2.55 bits per heavy atom. The van der Waals surface area contributed by atoms with Gasteiger partial charge in [-0.25, -0.2) is 4.79 Å². The number of nitrogens with zero attached hydrogens (tertiary/aromatic N) is 1. The molecule has 0 bridgehead atoms. The highest BCUT2D eigenvalue weighted by molar-refractivity contribution is 7.12. The molecule has 2 heterocycles. The third-order valence-corrected chi connectivity index (χ3v) is 5.99. The summed E-state index contributed by atoms with van der Waals surface area (Å²) in [5, 5.41) is 2.50. The molecule has 0 saturated carbocycles. The van der Waals surface area contributed by atoms with E-state index >= 15 is 0 Å². The first-order valence-corrected chi connectivity index (χ1v) is 10.6. The number of esters is 1. The van der Waals surface area contributed by atoms with Crippen LogP contribution in [-0.2, 0) is 17.8 Å². The number of nitrogens with one attached hydrogen (secondary N) is 1. The average molecular weight is 431 g/mol. The number of thiophene rings is 1. The van der Waals surface area contributed by atoms with Crippen LogP contribution in [0.4, 0.5) is 0 Å². The van der Waals surface area contributed by atoms with E-state index in [4.69, 9.17) is 16.3 Å². The maximum absolute atomic E-state index is 13.2. The molecule has 7 heteroatoms. The molecule has 0 saturated heterocycles. The number of aryl methyl sites for hydroxylation is 1. The first-order chi connectivity index (χ1) is 13.9. The number of amides is 1. The zero-order valence-corrected chi connectivity index (χ0v) is 18.2. The fourth-order valence-corrected chi connectivity index (χ4v) is 4.10. The number of H-pyrrole nitrogens is 1. The summed E-state index contributed by atoms with van der Waals surface area (Å²) in [6.07, 6.45) is 0. The van der Waals surface area contributed by atoms with Gasteiger partial charge in [-0.05, 0) is 55.0 Å². The van der Waals surface area contributed by atoms with Crippen LogP contribution < -0.4 is 0 Å². The van der Waals surface area contributed by atoms with Gasteiger partial charge in [0, 0.05) is 23.8 Å². The molecule has 0 aliphatic carbocycles. The number of carbonyl (C=O) groups excluding carboxylic acids is 2. The molecule has 0 spiro atoms. The molecule has 152 valence electrons. The van der Waals surface area contributed by atoms with Gasteiger partial charge in [0.15, 0.2) is 0 Å². The lowest BCUT2D eigenvalue weighted by Gasteiger charge is -2.23. The lowest BCUT2D eigenvalue weighted by Crippen LogP contribution is -2.30. The van der Waals surface area contributed by atoms with Gasteiger partial charge in [0.2, 0.25) is 0 Å². The predicted octanol–water partition coefficient (Wildman–Crippen LogP) is 5.37. The molecule has 3 rings (SSSR count). The van der Waals surface area contributed by atoms with Crippen LogP contribution in [0.15, 0.2) is 41.8 Å². The summed E-state index contributed by atoms with van der Waals surface area (Å²) < 4.78 is 5.13. The zero-order valence-electron chi connectivity index (χ0n) is 16.6. The van der Waals surface area contributed by atoms with Crippen molar-refractivity contribution in [3.05, 3.63) is 79.8 Å². The van der Waals surface area contributed by atoms with E-state index in [9.17, 15) is 9.59 Å². The second-order valence-corrected chi connectivity index (χ2v) is 8.03. The van der Waals surface area contributed by atoms with Crippen LogP contribution in [0.25, 0.3) is 0 Å². The quantitative estimate of drug-likeness (QED) is 0.513. The van der Waals surface area contributed by atoms with Crippen molar-refractivity contribution in [1.29, 1.82) is 0 Å². The number of hydrogen-bond acceptors (Lipinski definition) is 4. The van der Waals surface area contributed by atoms with Gasteiger partial charge in [0.05, 0.1) is 11.5 Å². The molecule has 0 fully saturated rings. The molecule has 1 amide bonds. The first-order valence-electron chi connectivity index (χ1n) is 9.33. The van der Waals surface area contributed by atoms with Crippen LogP contribution in [0, 0.1) is 13.8 Å². The summed E-state index contributed by atoms with van der Waals surface area (Å²) >= 11 is 7.74. The maximum atomic E-state index is 13.2. The smallest absolute Gasteiger partial charge is 0.355 e. The summed E-state index contributed by atoms with van der Waals surface area (Å²) in [5.41, 5.74) is 3.85. The lowest BCUT2D eigenvalue weighted by atomic mass is 10.1. The number of carbonyl (C=O) groups is 2. The van der Waals surface area contributed by atoms with Crippen molar-refractivity contribution >= 4 is 34.8 Å². The number of aromatic nitrogens is 1. The molecule has 1 N–H and O–H groups in total. The Balaban J connectivity index is 1.94. The zero-order chi connectivity index (χ0) is 21.0. The second-order valence-electron chi connectivity index (χ2n) is 6.68. The van der Waals surface area contributed by atoms with Gasteiger partial charge in [-0.15, -0.1) is 11.3 Å². The highest BCUT2D eigenvalue weighted by Crippen LogP contribution is 2.25. The largest absolute Gasteiger partial charge is 0.461 e. The van der Waals surface area contributed by atoms with E-state index in [1.165, 1.54) is 11.3 Å². The molecule has 5 nitrogen and oxygen atoms in total. The summed E-state index contributed by atoms with van der Waals surface area (Å²) in [7, 11) is 0. The Labute approximate surface area is 179 Å². The molecule has 0 aliphatic rings. The van der Waals surface area contributed by atoms with Crippen LogP contribution in [0.3, 0.4) is 0 Å². The van der Waals surface area contributed by atoms with Gasteiger partial charge in [-0.2, -0.15) is 0 Å². The van der Waals surface area contributed by atoms with Crippen LogP contribution in [-0.4, -0.2) is 28.4 Å². The van der Waals surface area contributed by atoms with Gasteiger partial charge in [0.1, 0.15) is 5.69 Å². The van der Waals surface area contributed by atoms with Crippen LogP contribution in [0.1, 0.15) is 49.5 Å². The number of benzene rings is 1. The van der Waals surface area contributed by atoms with Crippen molar-refractivity contribution < 1.29 is 14.3 Å². The van der Waals surface area contributed by atoms with E-state index in [1.807, 2.05) is 55.6 Å². The van der Waals surface area contributed by atoms with Crippen LogP contribution in [0.5, 0.6) is 0 Å². The topological polar surface area (TPSA) is 62.4 Å². The highest BCUT2D eigenvalue weighted by Gasteiger charge is 2.24. The van der Waals surface area contributed by atoms with Gasteiger partial charge >= 0.3 is 5.97 Å². The minimum Gasteiger partial charge on any atom is -0.461 e. The first kappa shape index (κ1) is 21.1. The lowest BCUT2D eigenvalue weighted by molar-refractivity contribution is 0.0519. The third-order valence-electron chi connectivity index (χ3n) is 4.76. The van der Waals surface area contributed by atoms with Gasteiger partial charge in [-0.1, -0.05) is 35.9 Å². The SMILES string of the molecule is CCOC(=O)c1[nH]c(C)c(CN(Cc2ccccc2Cl)C(=O)c2cccs2)c1C. The fraction of sp³-hybridized carbons (Fsp3) is 0.273. The van der Waals surface area contributed by atoms with E-state index in [0.29, 0.717) is 35.3 Å². The molecular formula is C22H23ClN2O3S. The molecule has 2 aromatic heterocycles. The van der Waals surface area contributed by atoms with E-state index in [2.05, 4.69) is 4.98 Å². The van der Waals surface area contributed by atoms with Gasteiger partial charge < -0.3 is 14.6 Å². The summed E-state index contributed by atoms with van der Waals surface area (Å²) in [4.78, 5) is 30.9. The monoisotopic (exact) mass is 430 g/mol. The van der Waals surface area contributed by atoms with Crippen LogP contribution >= 0.6 is 22.9 Å². The third kappa shape index (κ3) is 4.71. The molecular weight excluding hydrogens is 408 g/mol. The van der Waals surface area contributed by atoms with E-state index in [0.717, 1.165) is 22.4 Å². The number of hydrogen-bond donors (Lipinski definition) is 1. The Hall–Kier alpha value is -2.57. The van der Waals surface area contributed by atoms with Crippen molar-refractivity contribution in [3.8, 4) is 0 Å². The number of rotatable bonds is 7. The maximum Gasteiger partial charge on any atom is 0.355 e. The molecule has 1 aromatic carbocycles. The molecule has 0 aliphatic heterocycles. The molecule has 29 heavy (non-hydrogen) atoms. The number of halogens is 1. The average Bonchev–Trinajstić information content (AvgIpc) is 3.32. The minimum absolute atomic E-state index is 0.0717. The highest BCUT2D eigenvalue weighted by atomic mass is 35.5. The van der Waals surface area contributed by atoms with Crippen LogP contribution in [0.2, 0.25) is 5.02 Å². The van der Waals surface area contributed by atoms with Crippen molar-refractivity contribution in [1.82, 2.24) is 9.88 Å². The Morgan fingerprint density at radius 2 is 1.90 bits per heavy atom. The van der Waals surface area contributed by atoms with Crippen molar-refractivity contribution in [2.24, 2.45) is 0 Å². The van der Waals surface area contributed by atoms with Gasteiger partial charge in [-0.3, -0.25) is 4.79 Å². The molecule has 0 atom stereocenters. The fourth-order valence-electron chi connectivity index (χ4n) is 3.21. The summed E-state index contributed by atoms with van der Waals surface area (Å²) in [6.45, 7) is 6.57.